The van der Waals surface area contributed by atoms with Crippen molar-refractivity contribution in [1.82, 2.24) is 5.32 Å². The Morgan fingerprint density at radius 3 is 2.27 bits per heavy atom. The van der Waals surface area contributed by atoms with Crippen LogP contribution >= 0.6 is 8.03 Å². The van der Waals surface area contributed by atoms with E-state index in [2.05, 4.69) is 5.32 Å². The van der Waals surface area contributed by atoms with Crippen LogP contribution in [-0.4, -0.2) is 13.2 Å². The van der Waals surface area contributed by atoms with E-state index in [9.17, 15) is 9.36 Å². The Balaban J connectivity index is 1.98. The molecule has 2 unspecified atom stereocenters. The van der Waals surface area contributed by atoms with E-state index >= 15 is 0 Å². The second-order valence-electron chi connectivity index (χ2n) is 4.49. The molecule has 0 radical (unpaired) electrons. The first-order valence-corrected chi connectivity index (χ1v) is 7.98. The third kappa shape index (κ3) is 4.65. The average Bonchev–Trinajstić information content (AvgIpc) is 2.59. The molecule has 0 fully saturated rings. The van der Waals surface area contributed by atoms with Crippen molar-refractivity contribution in [3.63, 3.8) is 0 Å². The maximum atomic E-state index is 12.0. The summed E-state index contributed by atoms with van der Waals surface area (Å²) in [4.78, 5) is 11.9. The van der Waals surface area contributed by atoms with Crippen LogP contribution in [-0.2, 0) is 20.4 Å². The maximum Gasteiger partial charge on any atom is 0.538 e. The van der Waals surface area contributed by atoms with Gasteiger partial charge in [-0.05, 0) is 10.1 Å². The number of ether oxygens (including phenoxy) is 1. The molecule has 2 rings (SSSR count). The first-order valence-electron chi connectivity index (χ1n) is 6.73. The van der Waals surface area contributed by atoms with E-state index in [1.807, 2.05) is 36.4 Å². The zero-order valence-corrected chi connectivity index (χ0v) is 13.0. The Hall–Kier alpha value is -2.23. The van der Waals surface area contributed by atoms with Gasteiger partial charge in [0, 0.05) is 5.56 Å². The van der Waals surface area contributed by atoms with Crippen LogP contribution in [0.1, 0.15) is 16.9 Å². The highest BCUT2D eigenvalue weighted by atomic mass is 31.1. The van der Waals surface area contributed by atoms with Crippen LogP contribution in [0.5, 0.6) is 0 Å². The molecule has 2 aromatic rings. The molecule has 2 atom stereocenters. The number of carbonyl (C=O) groups excluding carboxylic acids is 1. The van der Waals surface area contributed by atoms with Crippen LogP contribution in [0.15, 0.2) is 60.7 Å². The van der Waals surface area contributed by atoms with Gasteiger partial charge in [-0.3, -0.25) is 5.32 Å². The number of hydrogen-bond donors (Lipinski definition) is 1. The topological polar surface area (TPSA) is 64.6 Å². The quantitative estimate of drug-likeness (QED) is 0.818. The van der Waals surface area contributed by atoms with Crippen molar-refractivity contribution in [2.75, 3.05) is 7.11 Å². The summed E-state index contributed by atoms with van der Waals surface area (Å²) in [6.07, 6.45) is -0.641. The summed E-state index contributed by atoms with van der Waals surface area (Å²) >= 11 is 0. The number of nitrogens with one attached hydrogen (secondary N) is 1. The van der Waals surface area contributed by atoms with Gasteiger partial charge >= 0.3 is 14.1 Å². The minimum atomic E-state index is -2.08. The molecule has 0 heterocycles. The van der Waals surface area contributed by atoms with Crippen molar-refractivity contribution < 1.29 is 18.6 Å². The summed E-state index contributed by atoms with van der Waals surface area (Å²) in [5.41, 5.74) is 1.58. The fourth-order valence-corrected chi connectivity index (χ4v) is 2.71. The minimum Gasteiger partial charge on any atom is -0.445 e. The van der Waals surface area contributed by atoms with Gasteiger partial charge in [-0.15, -0.1) is 4.52 Å². The van der Waals surface area contributed by atoms with Crippen molar-refractivity contribution in [3.05, 3.63) is 71.8 Å². The molecule has 0 aromatic heterocycles. The van der Waals surface area contributed by atoms with Gasteiger partial charge in [0.1, 0.15) is 6.61 Å². The molecule has 0 saturated carbocycles. The number of benzene rings is 2. The van der Waals surface area contributed by atoms with E-state index < -0.39 is 19.9 Å². The Labute approximate surface area is 130 Å². The summed E-state index contributed by atoms with van der Waals surface area (Å²) < 4.78 is 22.0. The van der Waals surface area contributed by atoms with Crippen LogP contribution in [0, 0.1) is 0 Å². The van der Waals surface area contributed by atoms with Crippen LogP contribution < -0.4 is 5.32 Å². The van der Waals surface area contributed by atoms with Crippen molar-refractivity contribution >= 4 is 14.1 Å². The van der Waals surface area contributed by atoms with Crippen molar-refractivity contribution in [3.8, 4) is 0 Å². The lowest BCUT2D eigenvalue weighted by atomic mass is 10.2. The molecule has 0 aliphatic rings. The normalized spacial score (nSPS) is 12.3. The molecule has 0 aliphatic heterocycles. The predicted molar refractivity (Wildman–Crippen MR) is 83.6 cm³/mol. The van der Waals surface area contributed by atoms with Crippen LogP contribution in [0.25, 0.3) is 0 Å². The smallest absolute Gasteiger partial charge is 0.445 e. The number of rotatable bonds is 6. The van der Waals surface area contributed by atoms with E-state index in [1.165, 1.54) is 7.11 Å². The van der Waals surface area contributed by atoms with Crippen LogP contribution in [0.2, 0.25) is 0 Å². The highest BCUT2D eigenvalue weighted by Crippen LogP contribution is 2.38. The van der Waals surface area contributed by atoms with Gasteiger partial charge < -0.3 is 4.74 Å². The molecule has 1 amide bonds. The SMILES string of the molecule is CO[P+](=O)C(NC(=O)OCc1ccccc1)c1ccccc1. The molecule has 0 bridgehead atoms. The van der Waals surface area contributed by atoms with Crippen LogP contribution in [0.3, 0.4) is 0 Å². The fraction of sp³-hybridized carbons (Fsp3) is 0.188. The molecule has 6 heteroatoms. The van der Waals surface area contributed by atoms with Crippen molar-refractivity contribution in [2.45, 2.75) is 12.4 Å². The van der Waals surface area contributed by atoms with Gasteiger partial charge in [-0.2, -0.15) is 0 Å². The summed E-state index contributed by atoms with van der Waals surface area (Å²) in [5, 5.41) is 2.58. The largest absolute Gasteiger partial charge is 0.538 e. The number of carbonyl (C=O) groups is 1. The summed E-state index contributed by atoms with van der Waals surface area (Å²) in [7, 11) is -0.739. The van der Waals surface area contributed by atoms with Gasteiger partial charge in [0.05, 0.1) is 7.11 Å². The molecule has 0 spiro atoms. The lowest BCUT2D eigenvalue weighted by molar-refractivity contribution is 0.138. The lowest BCUT2D eigenvalue weighted by Gasteiger charge is -2.10. The van der Waals surface area contributed by atoms with E-state index in [1.54, 1.807) is 24.3 Å². The van der Waals surface area contributed by atoms with Crippen LogP contribution in [0.4, 0.5) is 4.79 Å². The highest BCUT2D eigenvalue weighted by molar-refractivity contribution is 7.39. The number of hydrogen-bond acceptors (Lipinski definition) is 4. The third-order valence-electron chi connectivity index (χ3n) is 2.97. The van der Waals surface area contributed by atoms with E-state index in [0.717, 1.165) is 5.56 Å². The van der Waals surface area contributed by atoms with Gasteiger partial charge in [0.2, 0.25) is 0 Å². The molecule has 1 N–H and O–H groups in total. The second-order valence-corrected chi connectivity index (χ2v) is 5.94. The molecule has 114 valence electrons. The van der Waals surface area contributed by atoms with Crippen molar-refractivity contribution in [2.24, 2.45) is 0 Å². The highest BCUT2D eigenvalue weighted by Gasteiger charge is 2.35. The van der Waals surface area contributed by atoms with Gasteiger partial charge in [0.25, 0.3) is 5.78 Å². The predicted octanol–water partition coefficient (Wildman–Crippen LogP) is 4.00. The zero-order valence-electron chi connectivity index (χ0n) is 12.1. The Morgan fingerprint density at radius 1 is 1.09 bits per heavy atom. The second kappa shape index (κ2) is 8.27. The standard InChI is InChI=1S/C16H16NO4P/c1-20-22(19)15(14-10-6-3-7-11-14)17-16(18)21-12-13-8-4-2-5-9-13/h2-11,15H,12H2,1H3/p+1. The zero-order chi connectivity index (χ0) is 15.8. The molecule has 2 aromatic carbocycles. The summed E-state index contributed by atoms with van der Waals surface area (Å²) in [5.74, 6) is -0.746. The first kappa shape index (κ1) is 16.1. The molecule has 0 aliphatic carbocycles. The average molecular weight is 318 g/mol. The minimum absolute atomic E-state index is 0.151. The number of alkyl carbamates (subject to hydrolysis) is 1. The molecular formula is C16H17NO4P+. The molecular weight excluding hydrogens is 301 g/mol. The van der Waals surface area contributed by atoms with Gasteiger partial charge in [-0.1, -0.05) is 60.7 Å². The number of amides is 1. The fourth-order valence-electron chi connectivity index (χ4n) is 1.87. The van der Waals surface area contributed by atoms with Gasteiger partial charge in [-0.25, -0.2) is 4.79 Å². The maximum absolute atomic E-state index is 12.0. The van der Waals surface area contributed by atoms with E-state index in [-0.39, 0.29) is 6.61 Å². The molecule has 22 heavy (non-hydrogen) atoms. The monoisotopic (exact) mass is 318 g/mol. The van der Waals surface area contributed by atoms with E-state index in [0.29, 0.717) is 5.56 Å². The Morgan fingerprint density at radius 2 is 1.68 bits per heavy atom. The first-order chi connectivity index (χ1) is 10.7. The van der Waals surface area contributed by atoms with Crippen molar-refractivity contribution in [1.29, 1.82) is 0 Å². The molecule has 0 saturated heterocycles. The Bertz CT molecular complexity index is 619. The lowest BCUT2D eigenvalue weighted by Crippen LogP contribution is -2.27. The summed E-state index contributed by atoms with van der Waals surface area (Å²) in [6.45, 7) is 0.151. The van der Waals surface area contributed by atoms with Gasteiger partial charge in [0.15, 0.2) is 0 Å². The summed E-state index contributed by atoms with van der Waals surface area (Å²) in [6, 6.07) is 18.3. The van der Waals surface area contributed by atoms with E-state index in [4.69, 9.17) is 9.26 Å². The molecule has 5 nitrogen and oxygen atoms in total. The Kier molecular flexibility index (Phi) is 6.07. The third-order valence-corrected chi connectivity index (χ3v) is 4.18.